The van der Waals surface area contributed by atoms with Gasteiger partial charge < -0.3 is 10.2 Å². The molecule has 0 saturated carbocycles. The van der Waals surface area contributed by atoms with Crippen molar-refractivity contribution in [1.29, 1.82) is 0 Å². The van der Waals surface area contributed by atoms with E-state index in [4.69, 9.17) is 0 Å². The first-order chi connectivity index (χ1) is 13.5. The molecule has 0 aliphatic rings. The van der Waals surface area contributed by atoms with Crippen LogP contribution in [0.15, 0.2) is 84.9 Å². The van der Waals surface area contributed by atoms with E-state index in [1.54, 1.807) is 11.9 Å². The molecule has 3 rings (SSSR count). The van der Waals surface area contributed by atoms with E-state index in [0.717, 1.165) is 16.8 Å². The molecule has 142 valence electrons. The fraction of sp³-hybridized carbons (Fsp3) is 0.167. The first-order valence-electron chi connectivity index (χ1n) is 9.28. The molecule has 2 amide bonds. The van der Waals surface area contributed by atoms with E-state index >= 15 is 0 Å². The second-order valence-corrected chi connectivity index (χ2v) is 6.75. The molecule has 1 N–H and O–H groups in total. The molecule has 0 bridgehead atoms. The van der Waals surface area contributed by atoms with Gasteiger partial charge in [0.15, 0.2) is 0 Å². The molecular formula is C24H24N2O2. The summed E-state index contributed by atoms with van der Waals surface area (Å²) in [6.07, 6.45) is 0.350. The highest BCUT2D eigenvalue weighted by molar-refractivity contribution is 5.93. The van der Waals surface area contributed by atoms with Crippen molar-refractivity contribution in [2.75, 3.05) is 17.3 Å². The van der Waals surface area contributed by atoms with Crippen molar-refractivity contribution in [1.82, 2.24) is 0 Å². The number of amides is 2. The minimum absolute atomic E-state index is 0.00878. The minimum atomic E-state index is -0.0506. The Morgan fingerprint density at radius 3 is 1.79 bits per heavy atom. The molecule has 4 heteroatoms. The third kappa shape index (κ3) is 4.86. The van der Waals surface area contributed by atoms with Gasteiger partial charge in [0.05, 0.1) is 0 Å². The molecule has 0 atom stereocenters. The Morgan fingerprint density at radius 1 is 0.821 bits per heavy atom. The maximum absolute atomic E-state index is 12.7. The van der Waals surface area contributed by atoms with Gasteiger partial charge in [-0.05, 0) is 35.4 Å². The van der Waals surface area contributed by atoms with Gasteiger partial charge in [-0.1, -0.05) is 60.7 Å². The molecule has 28 heavy (non-hydrogen) atoms. The number of hydrogen-bond donors (Lipinski definition) is 1. The predicted octanol–water partition coefficient (Wildman–Crippen LogP) is 4.83. The van der Waals surface area contributed by atoms with Gasteiger partial charge in [-0.25, -0.2) is 0 Å². The molecular weight excluding hydrogens is 348 g/mol. The van der Waals surface area contributed by atoms with E-state index in [0.29, 0.717) is 12.1 Å². The summed E-state index contributed by atoms with van der Waals surface area (Å²) in [7, 11) is 1.72. The summed E-state index contributed by atoms with van der Waals surface area (Å²) >= 11 is 0. The fourth-order valence-electron chi connectivity index (χ4n) is 3.15. The molecule has 3 aromatic rings. The Labute approximate surface area is 165 Å². The summed E-state index contributed by atoms with van der Waals surface area (Å²) in [4.78, 5) is 25.7. The quantitative estimate of drug-likeness (QED) is 0.674. The zero-order valence-electron chi connectivity index (χ0n) is 16.1. The van der Waals surface area contributed by atoms with Crippen molar-refractivity contribution in [2.24, 2.45) is 0 Å². The van der Waals surface area contributed by atoms with Crippen LogP contribution in [0.4, 0.5) is 11.4 Å². The molecule has 3 aromatic carbocycles. The Kier molecular flexibility index (Phi) is 6.22. The van der Waals surface area contributed by atoms with Crippen LogP contribution in [-0.4, -0.2) is 18.9 Å². The fourth-order valence-corrected chi connectivity index (χ4v) is 3.15. The van der Waals surface area contributed by atoms with Crippen LogP contribution in [0.1, 0.15) is 30.4 Å². The average Bonchev–Trinajstić information content (AvgIpc) is 2.73. The molecule has 0 aromatic heterocycles. The average molecular weight is 372 g/mol. The zero-order valence-corrected chi connectivity index (χ0v) is 16.1. The highest BCUT2D eigenvalue weighted by Crippen LogP contribution is 2.28. The van der Waals surface area contributed by atoms with Gasteiger partial charge in [0, 0.05) is 37.7 Å². The Morgan fingerprint density at radius 2 is 1.32 bits per heavy atom. The SMILES string of the molecule is CC(=O)N(C)c1ccc(NC(=O)CC(c2ccccc2)c2ccccc2)cc1. The number of hydrogen-bond acceptors (Lipinski definition) is 2. The maximum atomic E-state index is 12.7. The number of benzene rings is 3. The number of anilines is 2. The van der Waals surface area contributed by atoms with E-state index in [-0.39, 0.29) is 17.7 Å². The summed E-state index contributed by atoms with van der Waals surface area (Å²) in [5.41, 5.74) is 3.73. The monoisotopic (exact) mass is 372 g/mol. The number of carbonyl (C=O) groups excluding carboxylic acids is 2. The van der Waals surface area contributed by atoms with Crippen molar-refractivity contribution >= 4 is 23.2 Å². The van der Waals surface area contributed by atoms with Crippen LogP contribution in [0.2, 0.25) is 0 Å². The molecule has 0 heterocycles. The lowest BCUT2D eigenvalue weighted by atomic mass is 9.88. The Bertz CT molecular complexity index is 882. The third-order valence-corrected chi connectivity index (χ3v) is 4.80. The van der Waals surface area contributed by atoms with Gasteiger partial charge >= 0.3 is 0 Å². The summed E-state index contributed by atoms with van der Waals surface area (Å²) < 4.78 is 0. The van der Waals surface area contributed by atoms with Gasteiger partial charge in [0.2, 0.25) is 11.8 Å². The second kappa shape index (κ2) is 9.00. The lowest BCUT2D eigenvalue weighted by Gasteiger charge is -2.18. The van der Waals surface area contributed by atoms with Gasteiger partial charge in [-0.2, -0.15) is 0 Å². The van der Waals surface area contributed by atoms with E-state index < -0.39 is 0 Å². The Balaban J connectivity index is 1.73. The maximum Gasteiger partial charge on any atom is 0.225 e. The molecule has 0 aliphatic heterocycles. The van der Waals surface area contributed by atoms with Crippen LogP contribution >= 0.6 is 0 Å². The third-order valence-electron chi connectivity index (χ3n) is 4.80. The van der Waals surface area contributed by atoms with E-state index in [2.05, 4.69) is 29.6 Å². The van der Waals surface area contributed by atoms with Crippen LogP contribution in [0.3, 0.4) is 0 Å². The minimum Gasteiger partial charge on any atom is -0.326 e. The highest BCUT2D eigenvalue weighted by Gasteiger charge is 2.18. The summed E-state index contributed by atoms with van der Waals surface area (Å²) in [6, 6.07) is 27.4. The van der Waals surface area contributed by atoms with E-state index in [9.17, 15) is 9.59 Å². The molecule has 4 nitrogen and oxygen atoms in total. The lowest BCUT2D eigenvalue weighted by Crippen LogP contribution is -2.22. The van der Waals surface area contributed by atoms with Crippen molar-refractivity contribution < 1.29 is 9.59 Å². The van der Waals surface area contributed by atoms with Crippen LogP contribution in [0, 0.1) is 0 Å². The largest absolute Gasteiger partial charge is 0.326 e. The van der Waals surface area contributed by atoms with Crippen LogP contribution in [0.5, 0.6) is 0 Å². The van der Waals surface area contributed by atoms with Crippen molar-refractivity contribution in [3.05, 3.63) is 96.1 Å². The number of nitrogens with one attached hydrogen (secondary N) is 1. The van der Waals surface area contributed by atoms with Gasteiger partial charge in [0.1, 0.15) is 0 Å². The standard InChI is InChI=1S/C24H24N2O2/c1-18(27)26(2)22-15-13-21(14-16-22)25-24(28)17-23(19-9-5-3-6-10-19)20-11-7-4-8-12-20/h3-16,23H,17H2,1-2H3,(H,25,28). The molecule has 0 unspecified atom stereocenters. The van der Waals surface area contributed by atoms with E-state index in [1.165, 1.54) is 6.92 Å². The van der Waals surface area contributed by atoms with Gasteiger partial charge in [0.25, 0.3) is 0 Å². The van der Waals surface area contributed by atoms with Gasteiger partial charge in [-0.15, -0.1) is 0 Å². The summed E-state index contributed by atoms with van der Waals surface area (Å²) in [6.45, 7) is 1.52. The normalized spacial score (nSPS) is 10.5. The second-order valence-electron chi connectivity index (χ2n) is 6.75. The van der Waals surface area contributed by atoms with Crippen molar-refractivity contribution in [3.63, 3.8) is 0 Å². The number of carbonyl (C=O) groups is 2. The van der Waals surface area contributed by atoms with Crippen LogP contribution in [-0.2, 0) is 9.59 Å². The first-order valence-corrected chi connectivity index (χ1v) is 9.28. The Hall–Kier alpha value is -3.40. The van der Waals surface area contributed by atoms with Crippen LogP contribution < -0.4 is 10.2 Å². The predicted molar refractivity (Wildman–Crippen MR) is 113 cm³/mol. The molecule has 0 spiro atoms. The first kappa shape index (κ1) is 19.4. The van der Waals surface area contributed by atoms with Crippen molar-refractivity contribution in [3.8, 4) is 0 Å². The molecule has 0 radical (unpaired) electrons. The van der Waals surface area contributed by atoms with Crippen LogP contribution in [0.25, 0.3) is 0 Å². The molecule has 0 fully saturated rings. The summed E-state index contributed by atoms with van der Waals surface area (Å²) in [5, 5.41) is 2.96. The topological polar surface area (TPSA) is 49.4 Å². The van der Waals surface area contributed by atoms with Gasteiger partial charge in [-0.3, -0.25) is 9.59 Å². The van der Waals surface area contributed by atoms with E-state index in [1.807, 2.05) is 60.7 Å². The molecule has 0 saturated heterocycles. The van der Waals surface area contributed by atoms with Crippen molar-refractivity contribution in [2.45, 2.75) is 19.3 Å². The molecule has 0 aliphatic carbocycles. The zero-order chi connectivity index (χ0) is 19.9. The number of nitrogens with zero attached hydrogens (tertiary/aromatic N) is 1. The highest BCUT2D eigenvalue weighted by atomic mass is 16.2. The smallest absolute Gasteiger partial charge is 0.225 e. The lowest BCUT2D eigenvalue weighted by molar-refractivity contribution is -0.117. The summed E-state index contributed by atoms with van der Waals surface area (Å²) in [5.74, 6) is -0.0961. The number of rotatable bonds is 6.